The molecule has 2 aliphatic heterocycles. The summed E-state index contributed by atoms with van der Waals surface area (Å²) in [6, 6.07) is 0. The van der Waals surface area contributed by atoms with Crippen LogP contribution < -0.4 is 0 Å². The lowest BCUT2D eigenvalue weighted by atomic mass is 10.4. The van der Waals surface area contributed by atoms with E-state index in [1.54, 1.807) is 0 Å². The monoisotopic (exact) mass is 256 g/mol. The second-order valence-electron chi connectivity index (χ2n) is 4.33. The van der Waals surface area contributed by atoms with Gasteiger partial charge >= 0.3 is 11.9 Å². The molecule has 18 heavy (non-hydrogen) atoms. The minimum Gasteiger partial charge on any atom is -0.478 e. The van der Waals surface area contributed by atoms with Crippen molar-refractivity contribution in [2.75, 3.05) is 26.2 Å². The lowest BCUT2D eigenvalue weighted by Gasteiger charge is -2.26. The lowest BCUT2D eigenvalue weighted by Crippen LogP contribution is -2.38. The number of carboxylic acid groups (broad SMARTS) is 2. The zero-order chi connectivity index (χ0) is 13.4. The Bertz CT molecular complexity index is 275. The third-order valence-corrected chi connectivity index (χ3v) is 2.93. The quantitative estimate of drug-likeness (QED) is 0.727. The van der Waals surface area contributed by atoms with Gasteiger partial charge in [0.05, 0.1) is 0 Å². The van der Waals surface area contributed by atoms with E-state index in [4.69, 9.17) is 10.2 Å². The summed E-state index contributed by atoms with van der Waals surface area (Å²) in [4.78, 5) is 19.1. The molecule has 2 rings (SSSR count). The predicted molar refractivity (Wildman–Crippen MR) is 66.0 cm³/mol. The van der Waals surface area contributed by atoms with Gasteiger partial charge in [0.25, 0.3) is 0 Å². The number of nitrogens with zero attached hydrogens (tertiary/aromatic N) is 2. The summed E-state index contributed by atoms with van der Waals surface area (Å²) >= 11 is 0. The van der Waals surface area contributed by atoms with Crippen LogP contribution in [0.4, 0.5) is 0 Å². The fourth-order valence-electron chi connectivity index (χ4n) is 2.11. The van der Waals surface area contributed by atoms with Crippen molar-refractivity contribution in [3.63, 3.8) is 0 Å². The first-order valence-corrected chi connectivity index (χ1v) is 6.23. The van der Waals surface area contributed by atoms with Gasteiger partial charge in [0.1, 0.15) is 0 Å². The van der Waals surface area contributed by atoms with Gasteiger partial charge in [-0.2, -0.15) is 0 Å². The van der Waals surface area contributed by atoms with E-state index in [0.717, 1.165) is 0 Å². The molecule has 0 bridgehead atoms. The van der Waals surface area contributed by atoms with Gasteiger partial charge in [-0.25, -0.2) is 19.6 Å². The van der Waals surface area contributed by atoms with Crippen LogP contribution in [0.5, 0.6) is 0 Å². The Morgan fingerprint density at radius 2 is 1.00 bits per heavy atom. The molecular formula is C12H20N2O4. The Balaban J connectivity index is 0.000000187. The number of carboxylic acids is 2. The van der Waals surface area contributed by atoms with Crippen LogP contribution in [-0.2, 0) is 9.59 Å². The van der Waals surface area contributed by atoms with E-state index in [0.29, 0.717) is 12.2 Å². The zero-order valence-corrected chi connectivity index (χ0v) is 10.4. The molecule has 102 valence electrons. The van der Waals surface area contributed by atoms with Crippen LogP contribution in [0.2, 0.25) is 0 Å². The van der Waals surface area contributed by atoms with Crippen LogP contribution in [-0.4, -0.2) is 58.3 Å². The van der Waals surface area contributed by atoms with Crippen LogP contribution in [0.3, 0.4) is 0 Å². The first kappa shape index (κ1) is 14.7. The molecule has 0 amide bonds. The van der Waals surface area contributed by atoms with E-state index in [2.05, 4.69) is 10.0 Å². The molecule has 6 heteroatoms. The smallest absolute Gasteiger partial charge is 0.328 e. The molecule has 0 atom stereocenters. The second kappa shape index (κ2) is 7.84. The van der Waals surface area contributed by atoms with E-state index in [9.17, 15) is 9.59 Å². The Morgan fingerprint density at radius 1 is 0.722 bits per heavy atom. The maximum Gasteiger partial charge on any atom is 0.328 e. The lowest BCUT2D eigenvalue weighted by molar-refractivity contribution is -0.134. The average molecular weight is 256 g/mol. The molecule has 2 fully saturated rings. The zero-order valence-electron chi connectivity index (χ0n) is 10.4. The number of hydrogen-bond acceptors (Lipinski definition) is 4. The van der Waals surface area contributed by atoms with Crippen molar-refractivity contribution < 1.29 is 19.8 Å². The Labute approximate surface area is 106 Å². The van der Waals surface area contributed by atoms with Crippen molar-refractivity contribution in [1.29, 1.82) is 0 Å². The van der Waals surface area contributed by atoms with Gasteiger partial charge in [-0.15, -0.1) is 0 Å². The standard InChI is InChI=1S/C8H16N2.C4H4O4/c1-2-6-9(5-1)10-7-3-4-8-10;5-3(6)1-2-4(7)8/h1-8H2;1-2H,(H,5,6)(H,7,8). The van der Waals surface area contributed by atoms with Crippen LogP contribution in [0.15, 0.2) is 12.2 Å². The molecule has 2 N–H and O–H groups in total. The molecule has 2 heterocycles. The van der Waals surface area contributed by atoms with Gasteiger partial charge in [0.2, 0.25) is 0 Å². The summed E-state index contributed by atoms with van der Waals surface area (Å²) in [5.41, 5.74) is 0. The summed E-state index contributed by atoms with van der Waals surface area (Å²) in [5.74, 6) is -2.51. The molecule has 0 saturated carbocycles. The molecular weight excluding hydrogens is 236 g/mol. The molecule has 2 saturated heterocycles. The fourth-order valence-corrected chi connectivity index (χ4v) is 2.11. The van der Waals surface area contributed by atoms with Crippen LogP contribution in [0.25, 0.3) is 0 Å². The van der Waals surface area contributed by atoms with Gasteiger partial charge in [-0.3, -0.25) is 0 Å². The highest BCUT2D eigenvalue weighted by Gasteiger charge is 2.21. The summed E-state index contributed by atoms with van der Waals surface area (Å²) in [5, 5.41) is 20.7. The van der Waals surface area contributed by atoms with E-state index < -0.39 is 11.9 Å². The van der Waals surface area contributed by atoms with Gasteiger partial charge in [-0.05, 0) is 25.7 Å². The van der Waals surface area contributed by atoms with Gasteiger partial charge in [0.15, 0.2) is 0 Å². The molecule has 0 aromatic carbocycles. The summed E-state index contributed by atoms with van der Waals surface area (Å²) in [6.07, 6.45) is 6.77. The third kappa shape index (κ3) is 5.79. The van der Waals surface area contributed by atoms with Crippen molar-refractivity contribution in [2.24, 2.45) is 0 Å². The Kier molecular flexibility index (Phi) is 6.38. The number of hydrogen-bond donors (Lipinski definition) is 2. The van der Waals surface area contributed by atoms with Gasteiger partial charge in [-0.1, -0.05) is 0 Å². The summed E-state index contributed by atoms with van der Waals surface area (Å²) in [7, 11) is 0. The Morgan fingerprint density at radius 3 is 1.22 bits per heavy atom. The molecule has 0 radical (unpaired) electrons. The number of aliphatic carboxylic acids is 2. The first-order chi connectivity index (χ1) is 8.59. The minimum atomic E-state index is -1.26. The largest absolute Gasteiger partial charge is 0.478 e. The van der Waals surface area contributed by atoms with Gasteiger partial charge in [0, 0.05) is 38.3 Å². The average Bonchev–Trinajstić information content (AvgIpc) is 2.98. The van der Waals surface area contributed by atoms with Crippen LogP contribution >= 0.6 is 0 Å². The normalized spacial score (nSPS) is 20.9. The number of rotatable bonds is 3. The highest BCUT2D eigenvalue weighted by Crippen LogP contribution is 2.16. The maximum absolute atomic E-state index is 9.55. The molecule has 0 aromatic rings. The first-order valence-electron chi connectivity index (χ1n) is 6.23. The molecule has 0 spiro atoms. The fraction of sp³-hybridized carbons (Fsp3) is 0.667. The Hall–Kier alpha value is -1.40. The van der Waals surface area contributed by atoms with Crippen LogP contribution in [0.1, 0.15) is 25.7 Å². The second-order valence-corrected chi connectivity index (χ2v) is 4.33. The van der Waals surface area contributed by atoms with E-state index >= 15 is 0 Å². The van der Waals surface area contributed by atoms with Crippen molar-refractivity contribution in [2.45, 2.75) is 25.7 Å². The molecule has 0 aromatic heterocycles. The number of carbonyl (C=O) groups is 2. The van der Waals surface area contributed by atoms with E-state index in [1.807, 2.05) is 0 Å². The van der Waals surface area contributed by atoms with Crippen LogP contribution in [0, 0.1) is 0 Å². The predicted octanol–water partition coefficient (Wildman–Crippen LogP) is 0.805. The maximum atomic E-state index is 9.55. The SMILES string of the molecule is C1CCN(N2CCCC2)C1.O=C(O)C=CC(=O)O. The van der Waals surface area contributed by atoms with Crippen molar-refractivity contribution in [3.8, 4) is 0 Å². The van der Waals surface area contributed by atoms with E-state index in [1.165, 1.54) is 51.9 Å². The van der Waals surface area contributed by atoms with Crippen molar-refractivity contribution in [3.05, 3.63) is 12.2 Å². The van der Waals surface area contributed by atoms with Crippen molar-refractivity contribution in [1.82, 2.24) is 10.0 Å². The summed E-state index contributed by atoms with van der Waals surface area (Å²) in [6.45, 7) is 5.28. The highest BCUT2D eigenvalue weighted by molar-refractivity contribution is 5.89. The van der Waals surface area contributed by atoms with Crippen molar-refractivity contribution >= 4 is 11.9 Å². The third-order valence-electron chi connectivity index (χ3n) is 2.93. The summed E-state index contributed by atoms with van der Waals surface area (Å²) < 4.78 is 0. The molecule has 0 aliphatic carbocycles. The minimum absolute atomic E-state index is 0.558. The highest BCUT2D eigenvalue weighted by atomic mass is 16.4. The topological polar surface area (TPSA) is 81.1 Å². The molecule has 6 nitrogen and oxygen atoms in total. The number of hydrazine groups is 1. The molecule has 2 aliphatic rings. The van der Waals surface area contributed by atoms with E-state index in [-0.39, 0.29) is 0 Å². The molecule has 0 unspecified atom stereocenters. The van der Waals surface area contributed by atoms with Gasteiger partial charge < -0.3 is 10.2 Å².